The lowest BCUT2D eigenvalue weighted by Gasteiger charge is -2.32. The monoisotopic (exact) mass is 312 g/mol. The maximum atomic E-state index is 6.07. The van der Waals surface area contributed by atoms with E-state index in [2.05, 4.69) is 81.6 Å². The summed E-state index contributed by atoms with van der Waals surface area (Å²) in [4.78, 5) is 1.26. The van der Waals surface area contributed by atoms with Crippen LogP contribution >= 0.6 is 11.3 Å². The van der Waals surface area contributed by atoms with E-state index < -0.39 is 0 Å². The molecule has 4 heteroatoms. The molecule has 0 atom stereocenters. The van der Waals surface area contributed by atoms with Crippen LogP contribution in [0.1, 0.15) is 38.1 Å². The Balaban J connectivity index is 1.73. The van der Waals surface area contributed by atoms with Crippen LogP contribution in [0.5, 0.6) is 0 Å². The van der Waals surface area contributed by atoms with E-state index in [1.165, 1.54) is 10.4 Å². The van der Waals surface area contributed by atoms with Gasteiger partial charge in [0.25, 0.3) is 0 Å². The summed E-state index contributed by atoms with van der Waals surface area (Å²) in [6, 6.07) is 12.5. The topological polar surface area (TPSA) is 18.5 Å². The molecule has 1 saturated heterocycles. The minimum atomic E-state index is -0.296. The molecule has 0 spiro atoms. The normalized spacial score (nSPS) is 19.9. The van der Waals surface area contributed by atoms with Crippen LogP contribution in [-0.2, 0) is 9.31 Å². The van der Waals surface area contributed by atoms with Crippen molar-refractivity contribution in [2.24, 2.45) is 0 Å². The van der Waals surface area contributed by atoms with Crippen molar-refractivity contribution < 1.29 is 9.31 Å². The summed E-state index contributed by atoms with van der Waals surface area (Å²) in [5.74, 6) is 0. The van der Waals surface area contributed by atoms with Crippen LogP contribution in [0, 0.1) is 0 Å². The molecule has 22 heavy (non-hydrogen) atoms. The molecule has 0 amide bonds. The average Bonchev–Trinajstić information content (AvgIpc) is 3.04. The van der Waals surface area contributed by atoms with Crippen LogP contribution in [0.15, 0.2) is 41.8 Å². The van der Waals surface area contributed by atoms with Crippen LogP contribution < -0.4 is 5.46 Å². The van der Waals surface area contributed by atoms with Gasteiger partial charge in [-0.1, -0.05) is 36.4 Å². The van der Waals surface area contributed by atoms with Crippen LogP contribution in [0.3, 0.4) is 0 Å². The van der Waals surface area contributed by atoms with Gasteiger partial charge in [-0.2, -0.15) is 0 Å². The molecule has 1 aliphatic rings. The number of benzene rings is 1. The molecule has 114 valence electrons. The number of rotatable bonds is 3. The van der Waals surface area contributed by atoms with Crippen molar-refractivity contribution in [3.8, 4) is 0 Å². The number of hydrogen-bond donors (Lipinski definition) is 0. The minimum absolute atomic E-state index is 0.291. The van der Waals surface area contributed by atoms with E-state index in [9.17, 15) is 0 Å². The van der Waals surface area contributed by atoms with E-state index in [1.807, 2.05) is 0 Å². The molecule has 1 fully saturated rings. The number of thiophene rings is 1. The summed E-state index contributed by atoms with van der Waals surface area (Å²) in [6.45, 7) is 8.30. The van der Waals surface area contributed by atoms with Crippen molar-refractivity contribution in [3.63, 3.8) is 0 Å². The highest BCUT2D eigenvalue weighted by molar-refractivity contribution is 7.10. The Kier molecular flexibility index (Phi) is 4.02. The van der Waals surface area contributed by atoms with Gasteiger partial charge in [0.1, 0.15) is 0 Å². The summed E-state index contributed by atoms with van der Waals surface area (Å²) in [5.41, 5.74) is 1.64. The molecule has 0 unspecified atom stereocenters. The molecule has 1 aliphatic heterocycles. The van der Waals surface area contributed by atoms with Crippen LogP contribution in [0.4, 0.5) is 0 Å². The van der Waals surface area contributed by atoms with E-state index in [0.29, 0.717) is 0 Å². The second-order valence-electron chi connectivity index (χ2n) is 6.60. The highest BCUT2D eigenvalue weighted by atomic mass is 32.1. The zero-order chi connectivity index (χ0) is 15.8. The summed E-state index contributed by atoms with van der Waals surface area (Å²) in [7, 11) is -0.291. The second-order valence-corrected chi connectivity index (χ2v) is 7.58. The molecule has 0 saturated carbocycles. The van der Waals surface area contributed by atoms with Gasteiger partial charge in [0.05, 0.1) is 11.2 Å². The Labute approximate surface area is 136 Å². The maximum Gasteiger partial charge on any atom is 0.494 e. The fourth-order valence-corrected chi connectivity index (χ4v) is 2.93. The van der Waals surface area contributed by atoms with Crippen LogP contribution in [0.2, 0.25) is 0 Å². The number of hydrogen-bond acceptors (Lipinski definition) is 3. The van der Waals surface area contributed by atoms with Crippen molar-refractivity contribution in [2.45, 2.75) is 38.9 Å². The van der Waals surface area contributed by atoms with Crippen molar-refractivity contribution >= 4 is 36.1 Å². The molecule has 1 aromatic heterocycles. The fraction of sp³-hybridized carbons (Fsp3) is 0.333. The average molecular weight is 312 g/mol. The van der Waals surface area contributed by atoms with Crippen molar-refractivity contribution in [1.82, 2.24) is 0 Å². The maximum absolute atomic E-state index is 6.07. The van der Waals surface area contributed by atoms with E-state index >= 15 is 0 Å². The van der Waals surface area contributed by atoms with Crippen molar-refractivity contribution in [2.75, 3.05) is 0 Å². The van der Waals surface area contributed by atoms with E-state index in [1.54, 1.807) is 11.3 Å². The first-order chi connectivity index (χ1) is 10.4. The van der Waals surface area contributed by atoms with E-state index in [4.69, 9.17) is 9.31 Å². The molecule has 0 N–H and O–H groups in total. The van der Waals surface area contributed by atoms with Gasteiger partial charge in [0, 0.05) is 4.88 Å². The molecule has 0 aliphatic carbocycles. The third-order valence-electron chi connectivity index (χ3n) is 4.45. The fourth-order valence-electron chi connectivity index (χ4n) is 2.31. The lowest BCUT2D eigenvalue weighted by Crippen LogP contribution is -2.41. The molecule has 2 aromatic rings. The molecule has 2 heterocycles. The molecular weight excluding hydrogens is 291 g/mol. The summed E-state index contributed by atoms with van der Waals surface area (Å²) in [5, 5.41) is 2.08. The first kappa shape index (κ1) is 15.5. The smallest absolute Gasteiger partial charge is 0.399 e. The standard InChI is InChI=1S/C18H21BO2S/c1-17(2)18(3,4)21-19(20-17)15-10-7-14(8-11-15)9-12-16-6-5-13-22-16/h5-13H,1-4H3/b12-9+. The molecule has 3 rings (SSSR count). The van der Waals surface area contributed by atoms with Gasteiger partial charge in [-0.3, -0.25) is 0 Å². The third-order valence-corrected chi connectivity index (χ3v) is 5.28. The molecule has 2 nitrogen and oxygen atoms in total. The lowest BCUT2D eigenvalue weighted by atomic mass is 9.79. The van der Waals surface area contributed by atoms with Gasteiger partial charge in [-0.25, -0.2) is 0 Å². The molecule has 1 aromatic carbocycles. The summed E-state index contributed by atoms with van der Waals surface area (Å²) >= 11 is 1.74. The van der Waals surface area contributed by atoms with Gasteiger partial charge >= 0.3 is 7.12 Å². The van der Waals surface area contributed by atoms with Crippen LogP contribution in [-0.4, -0.2) is 18.3 Å². The van der Waals surface area contributed by atoms with Crippen molar-refractivity contribution in [1.29, 1.82) is 0 Å². The zero-order valence-corrected chi connectivity index (χ0v) is 14.3. The van der Waals surface area contributed by atoms with Gasteiger partial charge in [0.2, 0.25) is 0 Å². The summed E-state index contributed by atoms with van der Waals surface area (Å²) < 4.78 is 12.1. The Morgan fingerprint density at radius 1 is 0.909 bits per heavy atom. The second kappa shape index (κ2) is 5.69. The summed E-state index contributed by atoms with van der Waals surface area (Å²) in [6.07, 6.45) is 4.26. The van der Waals surface area contributed by atoms with Gasteiger partial charge in [0.15, 0.2) is 0 Å². The Hall–Kier alpha value is -1.36. The van der Waals surface area contributed by atoms with Crippen molar-refractivity contribution in [3.05, 3.63) is 52.2 Å². The molecule has 0 radical (unpaired) electrons. The Morgan fingerprint density at radius 3 is 2.09 bits per heavy atom. The highest BCUT2D eigenvalue weighted by Crippen LogP contribution is 2.36. The largest absolute Gasteiger partial charge is 0.494 e. The quantitative estimate of drug-likeness (QED) is 0.790. The lowest BCUT2D eigenvalue weighted by molar-refractivity contribution is 0.00578. The Morgan fingerprint density at radius 2 is 1.55 bits per heavy atom. The molecule has 0 bridgehead atoms. The van der Waals surface area contributed by atoms with E-state index in [-0.39, 0.29) is 18.3 Å². The van der Waals surface area contributed by atoms with Gasteiger partial charge in [-0.05, 0) is 56.2 Å². The van der Waals surface area contributed by atoms with Gasteiger partial charge in [-0.15, -0.1) is 11.3 Å². The van der Waals surface area contributed by atoms with E-state index in [0.717, 1.165) is 5.46 Å². The first-order valence-corrected chi connectivity index (χ1v) is 8.43. The Bertz CT molecular complexity index is 641. The third kappa shape index (κ3) is 3.05. The highest BCUT2D eigenvalue weighted by Gasteiger charge is 2.51. The van der Waals surface area contributed by atoms with Crippen LogP contribution in [0.25, 0.3) is 12.2 Å². The minimum Gasteiger partial charge on any atom is -0.399 e. The van der Waals surface area contributed by atoms with Gasteiger partial charge < -0.3 is 9.31 Å². The predicted octanol–water partition coefficient (Wildman–Crippen LogP) is 4.22. The SMILES string of the molecule is CC1(C)OB(c2ccc(/C=C/c3cccs3)cc2)OC1(C)C. The predicted molar refractivity (Wildman–Crippen MR) is 95.4 cm³/mol. The zero-order valence-electron chi connectivity index (χ0n) is 13.5. The first-order valence-electron chi connectivity index (χ1n) is 7.55. The molecular formula is C18H21BO2S.